The summed E-state index contributed by atoms with van der Waals surface area (Å²) in [4.78, 5) is 29.0. The highest BCUT2D eigenvalue weighted by atomic mass is 79.9. The molecule has 3 rings (SSSR count). The minimum atomic E-state index is -4.11. The van der Waals surface area contributed by atoms with Crippen molar-refractivity contribution in [3.8, 4) is 5.75 Å². The summed E-state index contributed by atoms with van der Waals surface area (Å²) in [6, 6.07) is 21.1. The Morgan fingerprint density at radius 3 is 2.08 bits per heavy atom. The van der Waals surface area contributed by atoms with E-state index >= 15 is 0 Å². The first-order valence-electron chi connectivity index (χ1n) is 12.9. The van der Waals surface area contributed by atoms with Gasteiger partial charge in [-0.3, -0.25) is 13.9 Å². The molecule has 0 aliphatic carbocycles. The average molecular weight is 631 g/mol. The molecule has 3 aromatic rings. The number of nitrogens with one attached hydrogen (secondary N) is 1. The number of benzene rings is 3. The number of nitrogens with zero attached hydrogens (tertiary/aromatic N) is 2. The predicted molar refractivity (Wildman–Crippen MR) is 161 cm³/mol. The van der Waals surface area contributed by atoms with Gasteiger partial charge in [-0.2, -0.15) is 0 Å². The Hall–Kier alpha value is -3.37. The Morgan fingerprint density at radius 2 is 1.55 bits per heavy atom. The number of halogens is 1. The van der Waals surface area contributed by atoms with E-state index in [2.05, 4.69) is 21.2 Å². The van der Waals surface area contributed by atoms with Gasteiger partial charge in [0.15, 0.2) is 0 Å². The zero-order chi connectivity index (χ0) is 29.5. The maximum atomic E-state index is 14.1. The highest BCUT2D eigenvalue weighted by Gasteiger charge is 2.34. The van der Waals surface area contributed by atoms with Crippen molar-refractivity contribution < 1.29 is 22.7 Å². The van der Waals surface area contributed by atoms with Crippen LogP contribution in [-0.4, -0.2) is 50.4 Å². The number of amides is 2. The van der Waals surface area contributed by atoms with Crippen LogP contribution in [0, 0.1) is 0 Å². The van der Waals surface area contributed by atoms with Crippen molar-refractivity contribution >= 4 is 43.5 Å². The van der Waals surface area contributed by atoms with Crippen molar-refractivity contribution in [2.45, 2.75) is 57.1 Å². The Kier molecular flexibility index (Phi) is 10.4. The lowest BCUT2D eigenvalue weighted by Crippen LogP contribution is -2.55. The second kappa shape index (κ2) is 13.3. The Bertz CT molecular complexity index is 1390. The van der Waals surface area contributed by atoms with Gasteiger partial charge < -0.3 is 15.0 Å². The van der Waals surface area contributed by atoms with Crippen LogP contribution < -0.4 is 14.4 Å². The molecular formula is C30H36BrN3O5S. The van der Waals surface area contributed by atoms with Crippen LogP contribution in [0.4, 0.5) is 5.69 Å². The molecule has 0 aromatic heterocycles. The Labute approximate surface area is 245 Å². The molecule has 8 nitrogen and oxygen atoms in total. The monoisotopic (exact) mass is 629 g/mol. The van der Waals surface area contributed by atoms with Gasteiger partial charge in [0, 0.05) is 16.6 Å². The lowest BCUT2D eigenvalue weighted by Gasteiger charge is -2.34. The molecule has 0 spiro atoms. The van der Waals surface area contributed by atoms with Gasteiger partial charge in [0.1, 0.15) is 18.3 Å². The number of hydrogen-bond acceptors (Lipinski definition) is 5. The number of rotatable bonds is 11. The van der Waals surface area contributed by atoms with Crippen LogP contribution in [0.3, 0.4) is 0 Å². The average Bonchev–Trinajstić information content (AvgIpc) is 2.92. The minimum Gasteiger partial charge on any atom is -0.497 e. The molecule has 2 amide bonds. The molecule has 1 N–H and O–H groups in total. The largest absolute Gasteiger partial charge is 0.497 e. The summed E-state index contributed by atoms with van der Waals surface area (Å²) in [5.74, 6) is -0.151. The SMILES string of the molecule is CC[C@@H](C(=O)NC(C)(C)C)N(Cc1ccc(OC)cc1)C(=O)CN(c1ccc(Br)cc1)S(=O)(=O)c1ccccc1. The fraction of sp³-hybridized carbons (Fsp3) is 0.333. The highest BCUT2D eigenvalue weighted by Crippen LogP contribution is 2.26. The van der Waals surface area contributed by atoms with Crippen LogP contribution in [0.25, 0.3) is 0 Å². The molecule has 3 aromatic carbocycles. The van der Waals surface area contributed by atoms with Crippen LogP contribution in [-0.2, 0) is 26.2 Å². The van der Waals surface area contributed by atoms with E-state index < -0.39 is 34.1 Å². The van der Waals surface area contributed by atoms with Gasteiger partial charge in [0.25, 0.3) is 10.0 Å². The van der Waals surface area contributed by atoms with Gasteiger partial charge in [0.2, 0.25) is 11.8 Å². The smallest absolute Gasteiger partial charge is 0.264 e. The van der Waals surface area contributed by atoms with E-state index in [1.54, 1.807) is 61.7 Å². The molecule has 1 atom stereocenters. The molecule has 10 heteroatoms. The number of carbonyl (C=O) groups is 2. The summed E-state index contributed by atoms with van der Waals surface area (Å²) in [6.45, 7) is 7.06. The summed E-state index contributed by atoms with van der Waals surface area (Å²) in [5.41, 5.74) is 0.591. The van der Waals surface area contributed by atoms with Crippen LogP contribution in [0.5, 0.6) is 5.75 Å². The topological polar surface area (TPSA) is 96.0 Å². The minimum absolute atomic E-state index is 0.0601. The predicted octanol–water partition coefficient (Wildman–Crippen LogP) is 5.38. The highest BCUT2D eigenvalue weighted by molar-refractivity contribution is 9.10. The summed E-state index contributed by atoms with van der Waals surface area (Å²) >= 11 is 3.38. The second-order valence-electron chi connectivity index (χ2n) is 10.3. The van der Waals surface area contributed by atoms with E-state index in [-0.39, 0.29) is 17.3 Å². The van der Waals surface area contributed by atoms with Gasteiger partial charge in [-0.1, -0.05) is 53.2 Å². The van der Waals surface area contributed by atoms with Gasteiger partial charge in [-0.25, -0.2) is 8.42 Å². The van der Waals surface area contributed by atoms with Crippen molar-refractivity contribution in [1.82, 2.24) is 10.2 Å². The van der Waals surface area contributed by atoms with Crippen molar-refractivity contribution in [2.24, 2.45) is 0 Å². The standard InChI is InChI=1S/C30H36BrN3O5S/c1-6-27(29(36)32-30(2,3)4)33(20-22-12-18-25(39-5)19-13-22)28(35)21-34(24-16-14-23(31)15-17-24)40(37,38)26-10-8-7-9-11-26/h7-19,27H,6,20-21H2,1-5H3,(H,32,36)/t27-/m0/s1. The Balaban J connectivity index is 2.05. The molecule has 0 saturated carbocycles. The molecule has 0 bridgehead atoms. The van der Waals surface area contributed by atoms with Gasteiger partial charge in [0.05, 0.1) is 17.7 Å². The second-order valence-corrected chi connectivity index (χ2v) is 13.1. The molecule has 0 heterocycles. The van der Waals surface area contributed by atoms with Crippen molar-refractivity contribution in [2.75, 3.05) is 18.0 Å². The molecule has 0 aliphatic heterocycles. The number of anilines is 1. The summed E-state index contributed by atoms with van der Waals surface area (Å²) in [5, 5.41) is 2.97. The number of sulfonamides is 1. The zero-order valence-electron chi connectivity index (χ0n) is 23.4. The quantitative estimate of drug-likeness (QED) is 0.307. The molecule has 0 fully saturated rings. The van der Waals surface area contributed by atoms with Gasteiger partial charge in [-0.15, -0.1) is 0 Å². The molecule has 0 aliphatic rings. The molecular weight excluding hydrogens is 594 g/mol. The normalized spacial score (nSPS) is 12.3. The van der Waals surface area contributed by atoms with Gasteiger partial charge in [-0.05, 0) is 81.3 Å². The maximum Gasteiger partial charge on any atom is 0.264 e. The fourth-order valence-corrected chi connectivity index (χ4v) is 5.86. The fourth-order valence-electron chi connectivity index (χ4n) is 4.16. The zero-order valence-corrected chi connectivity index (χ0v) is 25.8. The van der Waals surface area contributed by atoms with E-state index in [4.69, 9.17) is 4.74 Å². The van der Waals surface area contributed by atoms with E-state index in [0.29, 0.717) is 17.9 Å². The number of methoxy groups -OCH3 is 1. The third-order valence-electron chi connectivity index (χ3n) is 6.12. The van der Waals surface area contributed by atoms with E-state index in [9.17, 15) is 18.0 Å². The van der Waals surface area contributed by atoms with Gasteiger partial charge >= 0.3 is 0 Å². The van der Waals surface area contributed by atoms with Crippen molar-refractivity contribution in [3.63, 3.8) is 0 Å². The summed E-state index contributed by atoms with van der Waals surface area (Å²) in [6.07, 6.45) is 0.341. The number of hydrogen-bond donors (Lipinski definition) is 1. The van der Waals surface area contributed by atoms with Crippen LogP contribution >= 0.6 is 15.9 Å². The Morgan fingerprint density at radius 1 is 0.950 bits per heavy atom. The van der Waals surface area contributed by atoms with Crippen LogP contribution in [0.2, 0.25) is 0 Å². The van der Waals surface area contributed by atoms with Crippen molar-refractivity contribution in [1.29, 1.82) is 0 Å². The third-order valence-corrected chi connectivity index (χ3v) is 8.44. The first-order valence-corrected chi connectivity index (χ1v) is 15.2. The molecule has 0 radical (unpaired) electrons. The number of carbonyl (C=O) groups excluding carboxylic acids is 2. The molecule has 214 valence electrons. The first kappa shape index (κ1) is 31.2. The van der Waals surface area contributed by atoms with E-state index in [0.717, 1.165) is 14.3 Å². The van der Waals surface area contributed by atoms with Crippen LogP contribution in [0.15, 0.2) is 88.2 Å². The third kappa shape index (κ3) is 8.08. The first-order chi connectivity index (χ1) is 18.9. The summed E-state index contributed by atoms with van der Waals surface area (Å²) < 4.78 is 34.7. The molecule has 40 heavy (non-hydrogen) atoms. The lowest BCUT2D eigenvalue weighted by molar-refractivity contribution is -0.141. The van der Waals surface area contributed by atoms with E-state index in [1.807, 2.05) is 39.8 Å². The maximum absolute atomic E-state index is 14.1. The van der Waals surface area contributed by atoms with E-state index in [1.165, 1.54) is 17.0 Å². The van der Waals surface area contributed by atoms with Crippen LogP contribution in [0.1, 0.15) is 39.7 Å². The lowest BCUT2D eigenvalue weighted by atomic mass is 10.1. The number of ether oxygens (including phenoxy) is 1. The molecule has 0 saturated heterocycles. The molecule has 0 unspecified atom stereocenters. The summed E-state index contributed by atoms with van der Waals surface area (Å²) in [7, 11) is -2.54. The van der Waals surface area contributed by atoms with Crippen molar-refractivity contribution in [3.05, 3.63) is 88.9 Å².